The maximum atomic E-state index is 13.5. The van der Waals surface area contributed by atoms with Gasteiger partial charge in [0.2, 0.25) is 0 Å². The van der Waals surface area contributed by atoms with Crippen molar-refractivity contribution < 1.29 is 9.18 Å². The van der Waals surface area contributed by atoms with E-state index in [1.165, 1.54) is 18.2 Å². The van der Waals surface area contributed by atoms with E-state index in [1.54, 1.807) is 24.3 Å². The van der Waals surface area contributed by atoms with Gasteiger partial charge in [-0.3, -0.25) is 4.79 Å². The number of nitrogens with one attached hydrogen (secondary N) is 1. The summed E-state index contributed by atoms with van der Waals surface area (Å²) in [6.07, 6.45) is 0. The zero-order valence-corrected chi connectivity index (χ0v) is 11.2. The van der Waals surface area contributed by atoms with Crippen molar-refractivity contribution in [3.05, 3.63) is 63.9 Å². The van der Waals surface area contributed by atoms with Gasteiger partial charge in [-0.1, -0.05) is 28.1 Å². The highest BCUT2D eigenvalue weighted by atomic mass is 79.9. The highest BCUT2D eigenvalue weighted by Gasteiger charge is 2.12. The summed E-state index contributed by atoms with van der Waals surface area (Å²) in [5, 5.41) is 11.5. The topological polar surface area (TPSA) is 52.9 Å². The number of anilines is 1. The first kappa shape index (κ1) is 13.2. The lowest BCUT2D eigenvalue weighted by molar-refractivity contribution is 0.102. The molecular weight excluding hydrogens is 311 g/mol. The molecule has 3 nitrogen and oxygen atoms in total. The monoisotopic (exact) mass is 318 g/mol. The van der Waals surface area contributed by atoms with Gasteiger partial charge in [-0.25, -0.2) is 4.39 Å². The molecule has 2 aromatic carbocycles. The molecule has 0 spiro atoms. The van der Waals surface area contributed by atoms with Crippen molar-refractivity contribution in [2.75, 3.05) is 5.32 Å². The summed E-state index contributed by atoms with van der Waals surface area (Å²) < 4.78 is 14.2. The van der Waals surface area contributed by atoms with Crippen LogP contribution >= 0.6 is 15.9 Å². The molecule has 0 saturated heterocycles. The Balaban J connectivity index is 2.30. The number of carbonyl (C=O) groups is 1. The predicted molar refractivity (Wildman–Crippen MR) is 73.2 cm³/mol. The predicted octanol–water partition coefficient (Wildman–Crippen LogP) is 3.71. The van der Waals surface area contributed by atoms with E-state index in [0.717, 1.165) is 4.47 Å². The van der Waals surface area contributed by atoms with Crippen molar-refractivity contribution in [3.8, 4) is 6.07 Å². The van der Waals surface area contributed by atoms with Crippen LogP contribution in [0.2, 0.25) is 0 Å². The van der Waals surface area contributed by atoms with Gasteiger partial charge < -0.3 is 5.32 Å². The number of benzene rings is 2. The van der Waals surface area contributed by atoms with Crippen molar-refractivity contribution in [2.24, 2.45) is 0 Å². The molecule has 2 aromatic rings. The number of hydrogen-bond donors (Lipinski definition) is 1. The van der Waals surface area contributed by atoms with E-state index in [1.807, 2.05) is 6.07 Å². The van der Waals surface area contributed by atoms with Crippen LogP contribution < -0.4 is 5.32 Å². The number of nitriles is 1. The third-order valence-electron chi connectivity index (χ3n) is 2.47. The summed E-state index contributed by atoms with van der Waals surface area (Å²) in [4.78, 5) is 11.9. The maximum Gasteiger partial charge on any atom is 0.258 e. The lowest BCUT2D eigenvalue weighted by Gasteiger charge is -2.08. The van der Waals surface area contributed by atoms with Crippen molar-refractivity contribution >= 4 is 27.5 Å². The van der Waals surface area contributed by atoms with Crippen LogP contribution in [-0.4, -0.2) is 5.91 Å². The van der Waals surface area contributed by atoms with Gasteiger partial charge in [0.05, 0.1) is 16.8 Å². The molecule has 0 radical (unpaired) electrons. The Hall–Kier alpha value is -2.19. The fraction of sp³-hybridized carbons (Fsp3) is 0. The number of halogens is 2. The number of carbonyl (C=O) groups excluding carboxylic acids is 1. The van der Waals surface area contributed by atoms with Crippen LogP contribution in [0, 0.1) is 17.1 Å². The highest BCUT2D eigenvalue weighted by Crippen LogP contribution is 2.21. The smallest absolute Gasteiger partial charge is 0.258 e. The normalized spacial score (nSPS) is 9.74. The van der Waals surface area contributed by atoms with E-state index in [-0.39, 0.29) is 5.56 Å². The summed E-state index contributed by atoms with van der Waals surface area (Å²) in [7, 11) is 0. The minimum absolute atomic E-state index is 0.0608. The Morgan fingerprint density at radius 2 is 2.00 bits per heavy atom. The van der Waals surface area contributed by atoms with Gasteiger partial charge in [0, 0.05) is 4.47 Å². The lowest BCUT2D eigenvalue weighted by atomic mass is 10.1. The zero-order chi connectivity index (χ0) is 13.8. The summed E-state index contributed by atoms with van der Waals surface area (Å²) in [6.45, 7) is 0. The molecule has 0 bridgehead atoms. The largest absolute Gasteiger partial charge is 0.321 e. The SMILES string of the molecule is N#Cc1cc(Br)ccc1NC(=O)c1ccccc1F. The molecule has 0 aliphatic heterocycles. The van der Waals surface area contributed by atoms with Gasteiger partial charge in [0.25, 0.3) is 5.91 Å². The van der Waals surface area contributed by atoms with Crippen LogP contribution in [0.3, 0.4) is 0 Å². The average Bonchev–Trinajstić information content (AvgIpc) is 2.41. The molecule has 1 N–H and O–H groups in total. The standard InChI is InChI=1S/C14H8BrFN2O/c15-10-5-6-13(9(7-10)8-17)18-14(19)11-3-1-2-4-12(11)16/h1-7H,(H,18,19). The fourth-order valence-corrected chi connectivity index (χ4v) is 1.91. The van der Waals surface area contributed by atoms with Crippen LogP contribution in [-0.2, 0) is 0 Å². The third kappa shape index (κ3) is 2.98. The molecule has 0 aromatic heterocycles. The van der Waals surface area contributed by atoms with Crippen LogP contribution in [0.15, 0.2) is 46.9 Å². The van der Waals surface area contributed by atoms with Crippen molar-refractivity contribution in [1.82, 2.24) is 0 Å². The molecule has 1 amide bonds. The second-order valence-electron chi connectivity index (χ2n) is 3.74. The average molecular weight is 319 g/mol. The molecular formula is C14H8BrFN2O. The molecule has 0 fully saturated rings. The molecule has 0 saturated carbocycles. The first-order valence-electron chi connectivity index (χ1n) is 5.37. The van der Waals surface area contributed by atoms with Gasteiger partial charge in [0.1, 0.15) is 11.9 Å². The summed E-state index contributed by atoms with van der Waals surface area (Å²) in [5.41, 5.74) is 0.590. The fourth-order valence-electron chi connectivity index (χ4n) is 1.55. The molecule has 0 atom stereocenters. The van der Waals surface area contributed by atoms with E-state index in [0.29, 0.717) is 11.3 Å². The van der Waals surface area contributed by atoms with Gasteiger partial charge in [0.15, 0.2) is 0 Å². The van der Waals surface area contributed by atoms with E-state index in [9.17, 15) is 9.18 Å². The molecule has 0 aliphatic rings. The Labute approximate surface area is 117 Å². The highest BCUT2D eigenvalue weighted by molar-refractivity contribution is 9.10. The first-order valence-corrected chi connectivity index (χ1v) is 6.16. The molecule has 94 valence electrons. The Morgan fingerprint density at radius 1 is 1.26 bits per heavy atom. The minimum atomic E-state index is -0.601. The molecule has 0 aliphatic carbocycles. The van der Waals surface area contributed by atoms with Crippen LogP contribution in [0.5, 0.6) is 0 Å². The third-order valence-corrected chi connectivity index (χ3v) is 2.96. The second-order valence-corrected chi connectivity index (χ2v) is 4.65. The number of hydrogen-bond acceptors (Lipinski definition) is 2. The van der Waals surface area contributed by atoms with E-state index in [4.69, 9.17) is 5.26 Å². The van der Waals surface area contributed by atoms with Crippen molar-refractivity contribution in [2.45, 2.75) is 0 Å². The number of amides is 1. The van der Waals surface area contributed by atoms with Gasteiger partial charge in [-0.05, 0) is 30.3 Å². The van der Waals surface area contributed by atoms with Crippen LogP contribution in [0.1, 0.15) is 15.9 Å². The second kappa shape index (κ2) is 5.63. The Bertz CT molecular complexity index is 679. The number of nitrogens with zero attached hydrogens (tertiary/aromatic N) is 1. The Kier molecular flexibility index (Phi) is 3.93. The number of rotatable bonds is 2. The summed E-state index contributed by atoms with van der Waals surface area (Å²) in [5.74, 6) is -1.19. The van der Waals surface area contributed by atoms with E-state index < -0.39 is 11.7 Å². The maximum absolute atomic E-state index is 13.5. The molecule has 19 heavy (non-hydrogen) atoms. The van der Waals surface area contributed by atoms with Gasteiger partial charge >= 0.3 is 0 Å². The van der Waals surface area contributed by atoms with Gasteiger partial charge in [-0.2, -0.15) is 5.26 Å². The van der Waals surface area contributed by atoms with Crippen LogP contribution in [0.4, 0.5) is 10.1 Å². The Morgan fingerprint density at radius 3 is 2.68 bits per heavy atom. The molecule has 2 rings (SSSR count). The molecule has 5 heteroatoms. The van der Waals surface area contributed by atoms with Crippen molar-refractivity contribution in [3.63, 3.8) is 0 Å². The van der Waals surface area contributed by atoms with Gasteiger partial charge in [-0.15, -0.1) is 0 Å². The van der Waals surface area contributed by atoms with E-state index in [2.05, 4.69) is 21.2 Å². The molecule has 0 unspecified atom stereocenters. The summed E-state index contributed by atoms with van der Waals surface area (Å²) >= 11 is 3.24. The van der Waals surface area contributed by atoms with Crippen molar-refractivity contribution in [1.29, 1.82) is 5.26 Å². The first-order chi connectivity index (χ1) is 9.11. The zero-order valence-electron chi connectivity index (χ0n) is 9.65. The quantitative estimate of drug-likeness (QED) is 0.917. The van der Waals surface area contributed by atoms with Crippen LogP contribution in [0.25, 0.3) is 0 Å². The molecule has 0 heterocycles. The lowest BCUT2D eigenvalue weighted by Crippen LogP contribution is -2.14. The minimum Gasteiger partial charge on any atom is -0.321 e. The summed E-state index contributed by atoms with van der Waals surface area (Å²) in [6, 6.07) is 12.5. The van der Waals surface area contributed by atoms with E-state index >= 15 is 0 Å².